The molecule has 0 saturated heterocycles. The first-order chi connectivity index (χ1) is 10.1. The Bertz CT molecular complexity index is 853. The molecule has 0 atom stereocenters. The van der Waals surface area contributed by atoms with Gasteiger partial charge in [0.05, 0.1) is 4.92 Å². The van der Waals surface area contributed by atoms with Crippen molar-refractivity contribution in [1.29, 1.82) is 5.26 Å². The van der Waals surface area contributed by atoms with Crippen molar-refractivity contribution in [2.75, 3.05) is 5.75 Å². The quantitative estimate of drug-likeness (QED) is 0.471. The molecule has 0 spiro atoms. The molecule has 0 amide bonds. The van der Waals surface area contributed by atoms with Crippen molar-refractivity contribution in [2.45, 2.75) is 11.7 Å². The summed E-state index contributed by atoms with van der Waals surface area (Å²) < 4.78 is 1.52. The molecule has 0 bridgehead atoms. The van der Waals surface area contributed by atoms with Crippen molar-refractivity contribution in [1.82, 2.24) is 4.57 Å². The Labute approximate surface area is 123 Å². The molecule has 1 aromatic carbocycles. The predicted octanol–water partition coefficient (Wildman–Crippen LogP) is 1.21. The lowest BCUT2D eigenvalue weighted by Crippen LogP contribution is -2.31. The topological polar surface area (TPSA) is 103 Å². The van der Waals surface area contributed by atoms with Crippen LogP contribution in [-0.4, -0.2) is 15.2 Å². The zero-order valence-electron chi connectivity index (χ0n) is 10.7. The molecule has 0 saturated carbocycles. The first kappa shape index (κ1) is 13.3. The molecule has 21 heavy (non-hydrogen) atoms. The Morgan fingerprint density at radius 2 is 2.29 bits per heavy atom. The highest BCUT2D eigenvalue weighted by atomic mass is 32.2. The van der Waals surface area contributed by atoms with E-state index in [1.54, 1.807) is 6.07 Å². The molecule has 1 N–H and O–H groups in total. The van der Waals surface area contributed by atoms with E-state index in [2.05, 4.69) is 4.98 Å². The Kier molecular flexibility index (Phi) is 3.19. The number of rotatable bonds is 2. The highest BCUT2D eigenvalue weighted by Crippen LogP contribution is 2.25. The van der Waals surface area contributed by atoms with Gasteiger partial charge in [0.1, 0.15) is 12.6 Å². The summed E-state index contributed by atoms with van der Waals surface area (Å²) in [4.78, 5) is 25.7. The fraction of sp³-hybridized carbons (Fsp3) is 0.154. The number of aromatic nitrogens is 2. The number of thioether (sulfide) groups is 1. The minimum Gasteiger partial charge on any atom is -0.258 e. The van der Waals surface area contributed by atoms with Crippen LogP contribution in [0.5, 0.6) is 0 Å². The van der Waals surface area contributed by atoms with E-state index in [9.17, 15) is 20.2 Å². The average Bonchev–Trinajstić information content (AvgIpc) is 2.96. The van der Waals surface area contributed by atoms with Gasteiger partial charge in [-0.25, -0.2) is 9.78 Å². The number of nitriles is 1. The van der Waals surface area contributed by atoms with Crippen LogP contribution < -0.4 is 10.5 Å². The fourth-order valence-electron chi connectivity index (χ4n) is 2.22. The number of benzene rings is 1. The fourth-order valence-corrected chi connectivity index (χ4v) is 3.19. The van der Waals surface area contributed by atoms with E-state index in [0.29, 0.717) is 23.0 Å². The molecule has 1 aliphatic heterocycles. The molecule has 104 valence electrons. The van der Waals surface area contributed by atoms with Gasteiger partial charge in [0.15, 0.2) is 11.3 Å². The van der Waals surface area contributed by atoms with Crippen molar-refractivity contribution < 1.29 is 9.91 Å². The normalized spacial score (nSPS) is 12.7. The number of hydrogen-bond donors (Lipinski definition) is 0. The smallest absolute Gasteiger partial charge is 0.258 e. The van der Waals surface area contributed by atoms with Crippen LogP contribution in [0.2, 0.25) is 0 Å². The molecule has 1 aliphatic rings. The first-order valence-corrected chi connectivity index (χ1v) is 7.08. The van der Waals surface area contributed by atoms with E-state index >= 15 is 0 Å². The van der Waals surface area contributed by atoms with Crippen LogP contribution in [0.15, 0.2) is 34.2 Å². The first-order valence-electron chi connectivity index (χ1n) is 6.09. The monoisotopic (exact) mass is 301 g/mol. The number of nitrogens with zero attached hydrogens (tertiary/aromatic N) is 3. The van der Waals surface area contributed by atoms with Gasteiger partial charge in [-0.15, -0.1) is 0 Å². The Balaban J connectivity index is 2.26. The van der Waals surface area contributed by atoms with Crippen LogP contribution in [0.1, 0.15) is 5.56 Å². The highest BCUT2D eigenvalue weighted by Gasteiger charge is 2.28. The summed E-state index contributed by atoms with van der Waals surface area (Å²) in [6, 6.07) is 7.78. The Morgan fingerprint density at radius 3 is 3.00 bits per heavy atom. The van der Waals surface area contributed by atoms with Gasteiger partial charge in [0, 0.05) is 23.4 Å². The zero-order chi connectivity index (χ0) is 15.0. The lowest BCUT2D eigenvalue weighted by atomic mass is 10.1. The van der Waals surface area contributed by atoms with E-state index in [0.717, 1.165) is 5.75 Å². The zero-order valence-corrected chi connectivity index (χ0v) is 11.5. The van der Waals surface area contributed by atoms with Gasteiger partial charge in [-0.2, -0.15) is 9.83 Å². The van der Waals surface area contributed by atoms with Crippen molar-refractivity contribution in [3.63, 3.8) is 0 Å². The number of non-ortho nitro benzene ring substituents is 1. The lowest BCUT2D eigenvalue weighted by molar-refractivity contribution is -0.425. The minimum atomic E-state index is -0.509. The number of aromatic amines is 1. The molecule has 8 heteroatoms. The maximum Gasteiger partial charge on any atom is 0.356 e. The molecule has 3 rings (SSSR count). The summed E-state index contributed by atoms with van der Waals surface area (Å²) >= 11 is 1.48. The largest absolute Gasteiger partial charge is 0.356 e. The molecule has 2 heterocycles. The molecule has 0 fully saturated rings. The van der Waals surface area contributed by atoms with Gasteiger partial charge in [-0.3, -0.25) is 10.1 Å². The van der Waals surface area contributed by atoms with E-state index in [1.807, 2.05) is 6.07 Å². The molecular formula is C13H9N4O3S+. The van der Waals surface area contributed by atoms with Crippen molar-refractivity contribution in [3.05, 3.63) is 50.3 Å². The number of H-pyrrole nitrogens is 1. The standard InChI is InChI=1S/C13H8N4O3S/c14-7-10-11(8-2-1-3-9(6-8)17(19)20)15-13-16(12(10)18)4-5-21-13/h1-3,6H,4-5H2/p+1. The Hall–Kier alpha value is -2.66. The minimum absolute atomic E-state index is 0.0262. The van der Waals surface area contributed by atoms with Gasteiger partial charge in [-0.05, 0) is 11.8 Å². The second-order valence-electron chi connectivity index (χ2n) is 4.40. The SMILES string of the molecule is N#Cc1c(-c2cccc([N+](=O)[O-])c2)[nH+]c2n(c1=O)CCS2. The average molecular weight is 301 g/mol. The third-order valence-electron chi connectivity index (χ3n) is 3.20. The summed E-state index contributed by atoms with van der Waals surface area (Å²) in [7, 11) is 0. The number of fused-ring (bicyclic) bond motifs is 1. The summed E-state index contributed by atoms with van der Waals surface area (Å²) in [5, 5.41) is 20.8. The summed E-state index contributed by atoms with van der Waals surface area (Å²) in [6.07, 6.45) is 0. The van der Waals surface area contributed by atoms with Crippen LogP contribution in [-0.2, 0) is 6.54 Å². The van der Waals surface area contributed by atoms with Gasteiger partial charge in [0.25, 0.3) is 5.69 Å². The van der Waals surface area contributed by atoms with Crippen molar-refractivity contribution >= 4 is 17.4 Å². The van der Waals surface area contributed by atoms with Crippen LogP contribution in [0.3, 0.4) is 0 Å². The van der Waals surface area contributed by atoms with Gasteiger partial charge >= 0.3 is 10.7 Å². The maximum atomic E-state index is 12.3. The second-order valence-corrected chi connectivity index (χ2v) is 5.49. The maximum absolute atomic E-state index is 12.3. The lowest BCUT2D eigenvalue weighted by Gasteiger charge is -2.02. The third-order valence-corrected chi connectivity index (χ3v) is 4.18. The molecule has 0 radical (unpaired) electrons. The van der Waals surface area contributed by atoms with Crippen LogP contribution in [0.25, 0.3) is 11.3 Å². The van der Waals surface area contributed by atoms with E-state index < -0.39 is 4.92 Å². The molecule has 1 aromatic heterocycles. The van der Waals surface area contributed by atoms with E-state index in [4.69, 9.17) is 0 Å². The van der Waals surface area contributed by atoms with Crippen LogP contribution in [0.4, 0.5) is 5.69 Å². The second kappa shape index (κ2) is 5.03. The number of nitro benzene ring substituents is 1. The van der Waals surface area contributed by atoms with Crippen molar-refractivity contribution in [2.24, 2.45) is 0 Å². The predicted molar refractivity (Wildman–Crippen MR) is 74.8 cm³/mol. The van der Waals surface area contributed by atoms with E-state index in [-0.39, 0.29) is 16.8 Å². The van der Waals surface area contributed by atoms with Crippen molar-refractivity contribution in [3.8, 4) is 17.3 Å². The number of nitro groups is 1. The summed E-state index contributed by atoms with van der Waals surface area (Å²) in [5.74, 6) is 0.759. The summed E-state index contributed by atoms with van der Waals surface area (Å²) in [5.41, 5.74) is 0.304. The molecule has 0 aliphatic carbocycles. The van der Waals surface area contributed by atoms with Gasteiger partial charge in [-0.1, -0.05) is 12.1 Å². The van der Waals surface area contributed by atoms with Gasteiger partial charge < -0.3 is 0 Å². The molecule has 7 nitrogen and oxygen atoms in total. The van der Waals surface area contributed by atoms with Crippen LogP contribution >= 0.6 is 11.8 Å². The number of nitrogens with one attached hydrogen (secondary N) is 1. The van der Waals surface area contributed by atoms with Gasteiger partial charge in [0.2, 0.25) is 0 Å². The number of hydrogen-bond acceptors (Lipinski definition) is 5. The molecule has 2 aromatic rings. The molecule has 0 unspecified atom stereocenters. The third kappa shape index (κ3) is 2.17. The summed E-state index contributed by atoms with van der Waals surface area (Å²) in [6.45, 7) is 0.555. The van der Waals surface area contributed by atoms with E-state index in [1.165, 1.54) is 34.5 Å². The highest BCUT2D eigenvalue weighted by molar-refractivity contribution is 7.99. The molecular weight excluding hydrogens is 292 g/mol. The Morgan fingerprint density at radius 1 is 1.48 bits per heavy atom. The van der Waals surface area contributed by atoms with Crippen LogP contribution in [0, 0.1) is 21.4 Å².